The lowest BCUT2D eigenvalue weighted by Gasteiger charge is -2.33. The predicted molar refractivity (Wildman–Crippen MR) is 87.3 cm³/mol. The Hall–Kier alpha value is -1.91. The SMILES string of the molecule is CC(C)CC(=O)N1CCC(NC(=O)Cc2ccccc2F)CC1. The molecule has 4 nitrogen and oxygen atoms in total. The molecule has 0 bridgehead atoms. The van der Waals surface area contributed by atoms with E-state index in [4.69, 9.17) is 0 Å². The number of hydrogen-bond acceptors (Lipinski definition) is 2. The summed E-state index contributed by atoms with van der Waals surface area (Å²) in [6.07, 6.45) is 2.14. The highest BCUT2D eigenvalue weighted by molar-refractivity contribution is 5.79. The van der Waals surface area contributed by atoms with Crippen molar-refractivity contribution in [2.24, 2.45) is 5.92 Å². The quantitative estimate of drug-likeness (QED) is 0.906. The van der Waals surface area contributed by atoms with Crippen LogP contribution < -0.4 is 5.32 Å². The van der Waals surface area contributed by atoms with Gasteiger partial charge in [-0.1, -0.05) is 32.0 Å². The van der Waals surface area contributed by atoms with Crippen molar-refractivity contribution in [3.63, 3.8) is 0 Å². The summed E-state index contributed by atoms with van der Waals surface area (Å²) < 4.78 is 13.5. The van der Waals surface area contributed by atoms with Crippen LogP contribution in [0.4, 0.5) is 4.39 Å². The first-order valence-corrected chi connectivity index (χ1v) is 8.26. The van der Waals surface area contributed by atoms with Crippen LogP contribution in [0.15, 0.2) is 24.3 Å². The second-order valence-corrected chi connectivity index (χ2v) is 6.59. The summed E-state index contributed by atoms with van der Waals surface area (Å²) in [7, 11) is 0. The van der Waals surface area contributed by atoms with E-state index in [9.17, 15) is 14.0 Å². The summed E-state index contributed by atoms with van der Waals surface area (Å²) >= 11 is 0. The molecule has 1 aliphatic heterocycles. The molecule has 0 aromatic heterocycles. The Balaban J connectivity index is 1.77. The van der Waals surface area contributed by atoms with Crippen molar-refractivity contribution < 1.29 is 14.0 Å². The van der Waals surface area contributed by atoms with E-state index < -0.39 is 0 Å². The number of rotatable bonds is 5. The molecule has 1 aromatic carbocycles. The molecule has 1 aliphatic rings. The van der Waals surface area contributed by atoms with Gasteiger partial charge in [0, 0.05) is 25.6 Å². The van der Waals surface area contributed by atoms with Crippen molar-refractivity contribution in [3.05, 3.63) is 35.6 Å². The van der Waals surface area contributed by atoms with Crippen LogP contribution in [0.3, 0.4) is 0 Å². The Morgan fingerprint density at radius 1 is 1.26 bits per heavy atom. The van der Waals surface area contributed by atoms with Gasteiger partial charge in [0.05, 0.1) is 6.42 Å². The molecule has 1 aromatic rings. The average Bonchev–Trinajstić information content (AvgIpc) is 2.49. The third-order valence-electron chi connectivity index (χ3n) is 4.10. The minimum absolute atomic E-state index is 0.0547. The van der Waals surface area contributed by atoms with Crippen LogP contribution in [0.5, 0.6) is 0 Å². The molecule has 0 atom stereocenters. The molecular formula is C18H25FN2O2. The molecule has 0 radical (unpaired) electrons. The van der Waals surface area contributed by atoms with E-state index in [1.54, 1.807) is 18.2 Å². The number of halogens is 1. The molecule has 1 N–H and O–H groups in total. The molecule has 5 heteroatoms. The zero-order valence-corrected chi connectivity index (χ0v) is 13.8. The lowest BCUT2D eigenvalue weighted by molar-refractivity contribution is -0.133. The van der Waals surface area contributed by atoms with Crippen LogP contribution >= 0.6 is 0 Å². The number of benzene rings is 1. The van der Waals surface area contributed by atoms with E-state index in [2.05, 4.69) is 5.32 Å². The van der Waals surface area contributed by atoms with Gasteiger partial charge in [-0.25, -0.2) is 4.39 Å². The summed E-state index contributed by atoms with van der Waals surface area (Å²) in [5.74, 6) is 0.0376. The maximum atomic E-state index is 13.5. The monoisotopic (exact) mass is 320 g/mol. The van der Waals surface area contributed by atoms with E-state index in [0.717, 1.165) is 12.8 Å². The molecule has 1 fully saturated rings. The van der Waals surface area contributed by atoms with Crippen LogP contribution in [0.1, 0.15) is 38.7 Å². The first-order valence-electron chi connectivity index (χ1n) is 8.26. The van der Waals surface area contributed by atoms with Gasteiger partial charge in [-0.15, -0.1) is 0 Å². The molecule has 1 heterocycles. The Kier molecular flexibility index (Phi) is 6.13. The van der Waals surface area contributed by atoms with E-state index >= 15 is 0 Å². The van der Waals surface area contributed by atoms with E-state index in [1.807, 2.05) is 18.7 Å². The second-order valence-electron chi connectivity index (χ2n) is 6.59. The fraction of sp³-hybridized carbons (Fsp3) is 0.556. The molecule has 2 amide bonds. The summed E-state index contributed by atoms with van der Waals surface area (Å²) in [5.41, 5.74) is 0.412. The van der Waals surface area contributed by atoms with Gasteiger partial charge in [0.25, 0.3) is 0 Å². The van der Waals surface area contributed by atoms with Crippen molar-refractivity contribution in [3.8, 4) is 0 Å². The van der Waals surface area contributed by atoms with Crippen molar-refractivity contribution in [2.45, 2.75) is 45.6 Å². The predicted octanol–water partition coefficient (Wildman–Crippen LogP) is 2.52. The average molecular weight is 320 g/mol. The van der Waals surface area contributed by atoms with Crippen LogP contribution in [-0.2, 0) is 16.0 Å². The van der Waals surface area contributed by atoms with Gasteiger partial charge in [0.1, 0.15) is 5.82 Å². The zero-order chi connectivity index (χ0) is 16.8. The van der Waals surface area contributed by atoms with Gasteiger partial charge in [-0.05, 0) is 30.4 Å². The lowest BCUT2D eigenvalue weighted by Crippen LogP contribution is -2.47. The maximum Gasteiger partial charge on any atom is 0.224 e. The Morgan fingerprint density at radius 2 is 1.91 bits per heavy atom. The Morgan fingerprint density at radius 3 is 2.52 bits per heavy atom. The number of carbonyl (C=O) groups is 2. The summed E-state index contributed by atoms with van der Waals surface area (Å²) in [6, 6.07) is 6.40. The minimum Gasteiger partial charge on any atom is -0.353 e. The number of piperidine rings is 1. The molecule has 126 valence electrons. The van der Waals surface area contributed by atoms with Crippen LogP contribution in [0.2, 0.25) is 0 Å². The van der Waals surface area contributed by atoms with Gasteiger partial charge in [-0.2, -0.15) is 0 Å². The molecule has 0 unspecified atom stereocenters. The number of likely N-dealkylation sites (tertiary alicyclic amines) is 1. The molecule has 2 rings (SSSR count). The molecular weight excluding hydrogens is 295 g/mol. The Bertz CT molecular complexity index is 552. The zero-order valence-electron chi connectivity index (χ0n) is 13.8. The number of nitrogens with zero attached hydrogens (tertiary/aromatic N) is 1. The molecule has 0 saturated carbocycles. The van der Waals surface area contributed by atoms with Crippen LogP contribution in [0, 0.1) is 11.7 Å². The molecule has 0 spiro atoms. The van der Waals surface area contributed by atoms with Crippen LogP contribution in [0.25, 0.3) is 0 Å². The lowest BCUT2D eigenvalue weighted by atomic mass is 10.0. The Labute approximate surface area is 137 Å². The van der Waals surface area contributed by atoms with E-state index in [0.29, 0.717) is 31.0 Å². The first kappa shape index (κ1) is 17.4. The number of nitrogens with one attached hydrogen (secondary N) is 1. The highest BCUT2D eigenvalue weighted by atomic mass is 19.1. The minimum atomic E-state index is -0.350. The molecule has 1 saturated heterocycles. The van der Waals surface area contributed by atoms with E-state index in [1.165, 1.54) is 6.07 Å². The maximum absolute atomic E-state index is 13.5. The molecule has 0 aliphatic carbocycles. The van der Waals surface area contributed by atoms with Gasteiger partial charge in [-0.3, -0.25) is 9.59 Å². The van der Waals surface area contributed by atoms with Gasteiger partial charge >= 0.3 is 0 Å². The summed E-state index contributed by atoms with van der Waals surface area (Å²) in [4.78, 5) is 25.9. The van der Waals surface area contributed by atoms with Crippen molar-refractivity contribution >= 4 is 11.8 Å². The number of carbonyl (C=O) groups excluding carboxylic acids is 2. The fourth-order valence-corrected chi connectivity index (χ4v) is 2.85. The highest BCUT2D eigenvalue weighted by Crippen LogP contribution is 2.14. The molecule has 23 heavy (non-hydrogen) atoms. The van der Waals surface area contributed by atoms with Gasteiger partial charge in [0.2, 0.25) is 11.8 Å². The second kappa shape index (κ2) is 8.09. The first-order chi connectivity index (χ1) is 11.0. The standard InChI is InChI=1S/C18H25FN2O2/c1-13(2)11-18(23)21-9-7-15(8-10-21)20-17(22)12-14-5-3-4-6-16(14)19/h3-6,13,15H,7-12H2,1-2H3,(H,20,22). The third-order valence-corrected chi connectivity index (χ3v) is 4.10. The van der Waals surface area contributed by atoms with E-state index in [-0.39, 0.29) is 30.1 Å². The number of hydrogen-bond donors (Lipinski definition) is 1. The van der Waals surface area contributed by atoms with Crippen molar-refractivity contribution in [2.75, 3.05) is 13.1 Å². The highest BCUT2D eigenvalue weighted by Gasteiger charge is 2.24. The summed E-state index contributed by atoms with van der Waals surface area (Å²) in [5, 5.41) is 2.95. The largest absolute Gasteiger partial charge is 0.353 e. The van der Waals surface area contributed by atoms with Crippen molar-refractivity contribution in [1.82, 2.24) is 10.2 Å². The number of amides is 2. The van der Waals surface area contributed by atoms with Crippen molar-refractivity contribution in [1.29, 1.82) is 0 Å². The van der Waals surface area contributed by atoms with Crippen LogP contribution in [-0.4, -0.2) is 35.8 Å². The normalized spacial score (nSPS) is 15.7. The third kappa shape index (κ3) is 5.34. The smallest absolute Gasteiger partial charge is 0.224 e. The fourth-order valence-electron chi connectivity index (χ4n) is 2.85. The van der Waals surface area contributed by atoms with Gasteiger partial charge < -0.3 is 10.2 Å². The topological polar surface area (TPSA) is 49.4 Å². The summed E-state index contributed by atoms with van der Waals surface area (Å²) in [6.45, 7) is 5.42. The van der Waals surface area contributed by atoms with Gasteiger partial charge in [0.15, 0.2) is 0 Å².